The molecule has 1 unspecified atom stereocenters. The predicted molar refractivity (Wildman–Crippen MR) is 147 cm³/mol. The van der Waals surface area contributed by atoms with Gasteiger partial charge in [0.25, 0.3) is 5.56 Å². The third-order valence-corrected chi connectivity index (χ3v) is 6.61. The van der Waals surface area contributed by atoms with Crippen molar-refractivity contribution in [3.05, 3.63) is 127 Å². The fourth-order valence-electron chi connectivity index (χ4n) is 4.31. The van der Waals surface area contributed by atoms with E-state index in [1.54, 1.807) is 48.5 Å². The zero-order valence-corrected chi connectivity index (χ0v) is 21.6. The van der Waals surface area contributed by atoms with Crippen molar-refractivity contribution in [3.8, 4) is 11.3 Å². The van der Waals surface area contributed by atoms with Crippen molar-refractivity contribution in [2.75, 3.05) is 0 Å². The summed E-state index contributed by atoms with van der Waals surface area (Å²) < 4.78 is 2.32. The second kappa shape index (κ2) is 11.9. The molecule has 0 amide bonds. The number of carboxylic acids is 1. The van der Waals surface area contributed by atoms with E-state index in [1.165, 1.54) is 10.6 Å². The number of halogens is 1. The van der Waals surface area contributed by atoms with E-state index < -0.39 is 35.5 Å². The number of carboxylic acid groups (broad SMARTS) is 1. The van der Waals surface area contributed by atoms with Crippen LogP contribution < -0.4 is 11.2 Å². The van der Waals surface area contributed by atoms with Crippen LogP contribution in [0, 0.1) is 12.8 Å². The van der Waals surface area contributed by atoms with E-state index in [2.05, 4.69) is 0 Å². The molecule has 0 bridgehead atoms. The molecule has 0 saturated heterocycles. The average molecular weight is 531 g/mol. The Bertz CT molecular complexity index is 1560. The SMILES string of the molecule is Cc1ccc(Cn2c(-c3ccc(Cl)cc3)cc(=O)n(CC(=O)CC(Cc3ccccc3)C(=O)O)c2=O)cc1. The summed E-state index contributed by atoms with van der Waals surface area (Å²) in [6.07, 6.45) is -0.128. The van der Waals surface area contributed by atoms with Crippen LogP contribution in [0.4, 0.5) is 0 Å². The Morgan fingerprint density at radius 3 is 2.16 bits per heavy atom. The normalized spacial score (nSPS) is 11.7. The first-order valence-corrected chi connectivity index (χ1v) is 12.5. The number of ketones is 1. The molecule has 0 aliphatic heterocycles. The molecule has 0 spiro atoms. The molecule has 0 aliphatic carbocycles. The van der Waals surface area contributed by atoms with Crippen molar-refractivity contribution in [1.29, 1.82) is 0 Å². The number of benzene rings is 3. The van der Waals surface area contributed by atoms with Crippen LogP contribution in [-0.2, 0) is 29.1 Å². The van der Waals surface area contributed by atoms with Crippen LogP contribution >= 0.6 is 11.6 Å². The first-order valence-electron chi connectivity index (χ1n) is 12.2. The molecule has 194 valence electrons. The van der Waals surface area contributed by atoms with E-state index in [0.29, 0.717) is 16.3 Å². The summed E-state index contributed by atoms with van der Waals surface area (Å²) in [5.74, 6) is -2.58. The molecule has 3 aromatic carbocycles. The molecule has 0 fully saturated rings. The molecule has 8 heteroatoms. The first-order chi connectivity index (χ1) is 18.2. The van der Waals surface area contributed by atoms with E-state index in [4.69, 9.17) is 11.6 Å². The third-order valence-electron chi connectivity index (χ3n) is 6.36. The minimum absolute atomic E-state index is 0.171. The van der Waals surface area contributed by atoms with Gasteiger partial charge in [-0.15, -0.1) is 0 Å². The van der Waals surface area contributed by atoms with Gasteiger partial charge in [-0.2, -0.15) is 0 Å². The van der Waals surface area contributed by atoms with Gasteiger partial charge in [-0.05, 0) is 42.2 Å². The third kappa shape index (κ3) is 6.55. The molecular formula is C30H27ClN2O5. The molecule has 1 heterocycles. The Morgan fingerprint density at radius 2 is 1.53 bits per heavy atom. The largest absolute Gasteiger partial charge is 0.481 e. The lowest BCUT2D eigenvalue weighted by molar-refractivity contribution is -0.143. The number of carbonyl (C=O) groups is 2. The van der Waals surface area contributed by atoms with Gasteiger partial charge in [-0.1, -0.05) is 83.9 Å². The number of aryl methyl sites for hydroxylation is 1. The maximum absolute atomic E-state index is 13.6. The number of rotatable bonds is 10. The summed E-state index contributed by atoms with van der Waals surface area (Å²) in [5.41, 5.74) is 2.44. The van der Waals surface area contributed by atoms with Gasteiger partial charge < -0.3 is 5.11 Å². The van der Waals surface area contributed by atoms with Crippen LogP contribution in [0.25, 0.3) is 11.3 Å². The predicted octanol–water partition coefficient (Wildman–Crippen LogP) is 4.59. The van der Waals surface area contributed by atoms with E-state index in [-0.39, 0.29) is 19.4 Å². The molecule has 1 N–H and O–H groups in total. The highest BCUT2D eigenvalue weighted by molar-refractivity contribution is 6.30. The monoisotopic (exact) mass is 530 g/mol. The molecule has 0 saturated carbocycles. The highest BCUT2D eigenvalue weighted by Gasteiger charge is 2.23. The molecule has 0 aliphatic rings. The number of Topliss-reactive ketones (excluding diaryl/α,β-unsaturated/α-hetero) is 1. The Hall–Kier alpha value is -4.23. The van der Waals surface area contributed by atoms with Gasteiger partial charge in [0.1, 0.15) is 0 Å². The van der Waals surface area contributed by atoms with Crippen LogP contribution in [0.3, 0.4) is 0 Å². The minimum Gasteiger partial charge on any atom is -0.481 e. The summed E-state index contributed by atoms with van der Waals surface area (Å²) in [6.45, 7) is 1.63. The van der Waals surface area contributed by atoms with Crippen molar-refractivity contribution in [1.82, 2.24) is 9.13 Å². The molecule has 4 rings (SSSR count). The lowest BCUT2D eigenvalue weighted by atomic mass is 9.94. The first kappa shape index (κ1) is 26.8. The van der Waals surface area contributed by atoms with Gasteiger partial charge in [0.05, 0.1) is 24.7 Å². The fourth-order valence-corrected chi connectivity index (χ4v) is 4.44. The molecular weight excluding hydrogens is 504 g/mol. The van der Waals surface area contributed by atoms with Crippen molar-refractivity contribution >= 4 is 23.4 Å². The Labute approximate surface area is 224 Å². The molecule has 1 aromatic heterocycles. The minimum atomic E-state index is -1.11. The van der Waals surface area contributed by atoms with Gasteiger partial charge in [-0.25, -0.2) is 4.79 Å². The molecule has 0 radical (unpaired) electrons. The van der Waals surface area contributed by atoms with Crippen LogP contribution in [0.2, 0.25) is 5.02 Å². The van der Waals surface area contributed by atoms with Crippen LogP contribution in [0.1, 0.15) is 23.1 Å². The molecule has 7 nitrogen and oxygen atoms in total. The van der Waals surface area contributed by atoms with Crippen molar-refractivity contribution < 1.29 is 14.7 Å². The zero-order chi connectivity index (χ0) is 27.2. The van der Waals surface area contributed by atoms with Gasteiger partial charge >= 0.3 is 11.7 Å². The quantitative estimate of drug-likeness (QED) is 0.323. The molecule has 4 aromatic rings. The average Bonchev–Trinajstić information content (AvgIpc) is 2.90. The van der Waals surface area contributed by atoms with E-state index in [1.807, 2.05) is 37.3 Å². The van der Waals surface area contributed by atoms with E-state index >= 15 is 0 Å². The van der Waals surface area contributed by atoms with Gasteiger partial charge in [0, 0.05) is 17.5 Å². The number of carbonyl (C=O) groups excluding carboxylic acids is 1. The van der Waals surface area contributed by atoms with Gasteiger partial charge in [0.15, 0.2) is 5.78 Å². The van der Waals surface area contributed by atoms with Crippen molar-refractivity contribution in [3.63, 3.8) is 0 Å². The van der Waals surface area contributed by atoms with Crippen LogP contribution in [0.5, 0.6) is 0 Å². The number of hydrogen-bond donors (Lipinski definition) is 1. The number of aromatic nitrogens is 2. The highest BCUT2D eigenvalue weighted by Crippen LogP contribution is 2.21. The van der Waals surface area contributed by atoms with Gasteiger partial charge in [-0.3, -0.25) is 23.5 Å². The Morgan fingerprint density at radius 1 is 0.868 bits per heavy atom. The Balaban J connectivity index is 1.67. The number of hydrogen-bond acceptors (Lipinski definition) is 4. The lowest BCUT2D eigenvalue weighted by Gasteiger charge is -2.17. The summed E-state index contributed by atoms with van der Waals surface area (Å²) >= 11 is 6.03. The van der Waals surface area contributed by atoms with E-state index in [0.717, 1.165) is 21.3 Å². The van der Waals surface area contributed by atoms with Gasteiger partial charge in [0.2, 0.25) is 0 Å². The molecule has 38 heavy (non-hydrogen) atoms. The second-order valence-electron chi connectivity index (χ2n) is 9.28. The van der Waals surface area contributed by atoms with Crippen LogP contribution in [-0.4, -0.2) is 26.0 Å². The van der Waals surface area contributed by atoms with Crippen molar-refractivity contribution in [2.24, 2.45) is 5.92 Å². The van der Waals surface area contributed by atoms with E-state index in [9.17, 15) is 24.3 Å². The summed E-state index contributed by atoms with van der Waals surface area (Å²) in [4.78, 5) is 51.4. The second-order valence-corrected chi connectivity index (χ2v) is 9.72. The lowest BCUT2D eigenvalue weighted by Crippen LogP contribution is -2.42. The zero-order valence-electron chi connectivity index (χ0n) is 20.8. The summed E-state index contributed by atoms with van der Waals surface area (Å²) in [6, 6.07) is 24.8. The summed E-state index contributed by atoms with van der Waals surface area (Å²) in [7, 11) is 0. The number of aliphatic carboxylic acids is 1. The highest BCUT2D eigenvalue weighted by atomic mass is 35.5. The number of nitrogens with zero attached hydrogens (tertiary/aromatic N) is 2. The summed E-state index contributed by atoms with van der Waals surface area (Å²) in [5, 5.41) is 10.2. The Kier molecular flexibility index (Phi) is 8.38. The maximum Gasteiger partial charge on any atom is 0.332 e. The standard InChI is InChI=1S/C30H27ClN2O5/c1-20-7-9-22(10-8-20)18-32-27(23-11-13-25(31)14-12-23)17-28(35)33(30(32)38)19-26(34)16-24(29(36)37)15-21-5-3-2-4-6-21/h2-14,17,24H,15-16,18-19H2,1H3,(H,36,37). The smallest absolute Gasteiger partial charge is 0.332 e. The molecule has 1 atom stereocenters. The van der Waals surface area contributed by atoms with Crippen molar-refractivity contribution in [2.45, 2.75) is 32.9 Å². The van der Waals surface area contributed by atoms with Crippen LogP contribution in [0.15, 0.2) is 94.5 Å². The fraction of sp³-hybridized carbons (Fsp3) is 0.200. The topological polar surface area (TPSA) is 98.4 Å². The maximum atomic E-state index is 13.6.